The van der Waals surface area contributed by atoms with Crippen molar-refractivity contribution in [3.05, 3.63) is 0 Å². The topological polar surface area (TPSA) is 101 Å². The van der Waals surface area contributed by atoms with Crippen molar-refractivity contribution in [2.75, 3.05) is 39.3 Å². The molecular weight excluding hydrogens is 326 g/mol. The van der Waals surface area contributed by atoms with E-state index in [1.54, 1.807) is 9.80 Å². The van der Waals surface area contributed by atoms with Crippen molar-refractivity contribution in [2.45, 2.75) is 44.6 Å². The standard InChI is InChI=1S/C17H27N3O5/c21-13-12-20(9-6-17(13)4-5-17)14(22)2-1-7-18-10-11-19(16(24)25)8-3-15(18)23/h13,21H,1-12H2,(H,24,25)/t13-/m1/s1. The molecule has 1 aliphatic carbocycles. The molecule has 0 radical (unpaired) electrons. The maximum absolute atomic E-state index is 12.3. The van der Waals surface area contributed by atoms with E-state index in [-0.39, 0.29) is 30.2 Å². The molecule has 0 unspecified atom stereocenters. The largest absolute Gasteiger partial charge is 0.465 e. The third-order valence-electron chi connectivity index (χ3n) is 5.90. The van der Waals surface area contributed by atoms with Crippen LogP contribution in [0.3, 0.4) is 0 Å². The zero-order valence-corrected chi connectivity index (χ0v) is 14.5. The third kappa shape index (κ3) is 4.05. The number of nitrogens with zero attached hydrogens (tertiary/aromatic N) is 3. The van der Waals surface area contributed by atoms with Crippen molar-refractivity contribution >= 4 is 17.9 Å². The number of aliphatic hydroxyl groups excluding tert-OH is 1. The van der Waals surface area contributed by atoms with Crippen LogP contribution in [0.1, 0.15) is 38.5 Å². The maximum Gasteiger partial charge on any atom is 0.407 e. The van der Waals surface area contributed by atoms with Crippen LogP contribution in [-0.2, 0) is 9.59 Å². The Balaban J connectivity index is 1.40. The number of hydrogen-bond donors (Lipinski definition) is 2. The number of likely N-dealkylation sites (tertiary alicyclic amines) is 1. The minimum atomic E-state index is -0.998. The van der Waals surface area contributed by atoms with E-state index in [0.717, 1.165) is 19.3 Å². The van der Waals surface area contributed by atoms with E-state index >= 15 is 0 Å². The lowest BCUT2D eigenvalue weighted by molar-refractivity contribution is -0.137. The lowest BCUT2D eigenvalue weighted by atomic mass is 9.90. The van der Waals surface area contributed by atoms with E-state index in [1.807, 2.05) is 0 Å². The molecule has 3 fully saturated rings. The Kier molecular flexibility index (Phi) is 5.17. The SMILES string of the molecule is O=C(O)N1CCC(=O)N(CCCC(=O)N2CCC3(CC3)[C@H](O)C2)CC1. The molecule has 8 heteroatoms. The average molecular weight is 353 g/mol. The van der Waals surface area contributed by atoms with Crippen LogP contribution in [-0.4, -0.2) is 88.2 Å². The number of hydrogen-bond acceptors (Lipinski definition) is 4. The fourth-order valence-electron chi connectivity index (χ4n) is 3.86. The van der Waals surface area contributed by atoms with Crippen molar-refractivity contribution in [2.24, 2.45) is 5.41 Å². The van der Waals surface area contributed by atoms with E-state index in [0.29, 0.717) is 45.6 Å². The van der Waals surface area contributed by atoms with Crippen LogP contribution in [0.2, 0.25) is 0 Å². The van der Waals surface area contributed by atoms with Crippen LogP contribution in [0.5, 0.6) is 0 Å². The number of carbonyl (C=O) groups excluding carboxylic acids is 2. The molecule has 3 aliphatic rings. The van der Waals surface area contributed by atoms with Gasteiger partial charge in [0.05, 0.1) is 6.10 Å². The Morgan fingerprint density at radius 1 is 1.08 bits per heavy atom. The fourth-order valence-corrected chi connectivity index (χ4v) is 3.86. The minimum absolute atomic E-state index is 0.0315. The van der Waals surface area contributed by atoms with Crippen molar-refractivity contribution in [3.63, 3.8) is 0 Å². The van der Waals surface area contributed by atoms with Crippen molar-refractivity contribution in [3.8, 4) is 0 Å². The van der Waals surface area contributed by atoms with E-state index in [4.69, 9.17) is 5.11 Å². The summed E-state index contributed by atoms with van der Waals surface area (Å²) >= 11 is 0. The first-order valence-electron chi connectivity index (χ1n) is 9.13. The Morgan fingerprint density at radius 3 is 2.48 bits per heavy atom. The van der Waals surface area contributed by atoms with Gasteiger partial charge >= 0.3 is 6.09 Å². The number of amides is 3. The first-order chi connectivity index (χ1) is 11.9. The molecule has 2 N–H and O–H groups in total. The molecule has 0 aromatic rings. The molecule has 2 aliphatic heterocycles. The highest BCUT2D eigenvalue weighted by Gasteiger charge is 2.51. The lowest BCUT2D eigenvalue weighted by Crippen LogP contribution is -2.47. The van der Waals surface area contributed by atoms with Crippen molar-refractivity contribution in [1.82, 2.24) is 14.7 Å². The zero-order valence-electron chi connectivity index (χ0n) is 14.5. The lowest BCUT2D eigenvalue weighted by Gasteiger charge is -2.36. The summed E-state index contributed by atoms with van der Waals surface area (Å²) in [5.74, 6) is -0.0238. The van der Waals surface area contributed by atoms with Gasteiger partial charge in [-0.3, -0.25) is 9.59 Å². The molecule has 140 valence electrons. The van der Waals surface area contributed by atoms with Crippen LogP contribution in [0.4, 0.5) is 4.79 Å². The van der Waals surface area contributed by atoms with Gasteiger partial charge in [-0.2, -0.15) is 0 Å². The van der Waals surface area contributed by atoms with Gasteiger partial charge in [-0.25, -0.2) is 4.79 Å². The second-order valence-electron chi connectivity index (χ2n) is 7.47. The van der Waals surface area contributed by atoms with Gasteiger partial charge in [0.25, 0.3) is 0 Å². The first-order valence-corrected chi connectivity index (χ1v) is 9.13. The summed E-state index contributed by atoms with van der Waals surface area (Å²) < 4.78 is 0. The van der Waals surface area contributed by atoms with Gasteiger partial charge in [0.2, 0.25) is 11.8 Å². The summed E-state index contributed by atoms with van der Waals surface area (Å²) in [6.07, 6.45) is 2.74. The van der Waals surface area contributed by atoms with Crippen LogP contribution in [0, 0.1) is 5.41 Å². The Labute approximate surface area is 147 Å². The molecule has 1 spiro atoms. The monoisotopic (exact) mass is 353 g/mol. The Hall–Kier alpha value is -1.83. The van der Waals surface area contributed by atoms with E-state index < -0.39 is 12.2 Å². The Bertz CT molecular complexity index is 548. The fraction of sp³-hybridized carbons (Fsp3) is 0.824. The van der Waals surface area contributed by atoms with Gasteiger partial charge in [0.15, 0.2) is 0 Å². The molecule has 1 atom stereocenters. The van der Waals surface area contributed by atoms with Gasteiger partial charge in [-0.05, 0) is 31.1 Å². The number of piperidine rings is 1. The van der Waals surface area contributed by atoms with Gasteiger partial charge in [0, 0.05) is 52.1 Å². The molecule has 25 heavy (non-hydrogen) atoms. The van der Waals surface area contributed by atoms with E-state index in [9.17, 15) is 19.5 Å². The van der Waals surface area contributed by atoms with Gasteiger partial charge in [-0.1, -0.05) is 0 Å². The molecule has 3 amide bonds. The average Bonchev–Trinajstić information content (AvgIpc) is 3.37. The summed E-state index contributed by atoms with van der Waals surface area (Å²) in [6, 6.07) is 0. The maximum atomic E-state index is 12.3. The summed E-state index contributed by atoms with van der Waals surface area (Å²) in [4.78, 5) is 40.0. The normalized spacial score (nSPS) is 25.9. The number of β-amino-alcohol motifs (C(OH)–C–C–N with tert-alkyl or cyclic N) is 1. The summed E-state index contributed by atoms with van der Waals surface area (Å²) in [5.41, 5.74) is 0.0886. The highest BCUT2D eigenvalue weighted by molar-refractivity contribution is 5.78. The quantitative estimate of drug-likeness (QED) is 0.759. The number of aliphatic hydroxyl groups is 1. The second kappa shape index (κ2) is 7.19. The first kappa shape index (κ1) is 18.0. The van der Waals surface area contributed by atoms with E-state index in [1.165, 1.54) is 4.90 Å². The van der Waals surface area contributed by atoms with Gasteiger partial charge < -0.3 is 24.9 Å². The highest BCUT2D eigenvalue weighted by Crippen LogP contribution is 2.53. The number of carbonyl (C=O) groups is 3. The molecular formula is C17H27N3O5. The third-order valence-corrected chi connectivity index (χ3v) is 5.90. The summed E-state index contributed by atoms with van der Waals surface area (Å²) in [5, 5.41) is 19.2. The number of carboxylic acid groups (broad SMARTS) is 1. The zero-order chi connectivity index (χ0) is 18.0. The van der Waals surface area contributed by atoms with Crippen molar-refractivity contribution in [1.29, 1.82) is 0 Å². The predicted molar refractivity (Wildman–Crippen MR) is 88.9 cm³/mol. The molecule has 1 saturated carbocycles. The highest BCUT2D eigenvalue weighted by atomic mass is 16.4. The van der Waals surface area contributed by atoms with Gasteiger partial charge in [-0.15, -0.1) is 0 Å². The predicted octanol–water partition coefficient (Wildman–Crippen LogP) is 0.352. The van der Waals surface area contributed by atoms with Gasteiger partial charge in [0.1, 0.15) is 0 Å². The van der Waals surface area contributed by atoms with Crippen molar-refractivity contribution < 1.29 is 24.6 Å². The van der Waals surface area contributed by atoms with E-state index in [2.05, 4.69) is 0 Å². The number of rotatable bonds is 4. The summed E-state index contributed by atoms with van der Waals surface area (Å²) in [7, 11) is 0. The van der Waals surface area contributed by atoms with Crippen LogP contribution < -0.4 is 0 Å². The minimum Gasteiger partial charge on any atom is -0.465 e. The van der Waals surface area contributed by atoms with Crippen LogP contribution in [0.15, 0.2) is 0 Å². The molecule has 0 aromatic heterocycles. The molecule has 0 aromatic carbocycles. The summed E-state index contributed by atoms with van der Waals surface area (Å²) in [6.45, 7) is 2.54. The smallest absolute Gasteiger partial charge is 0.407 e. The Morgan fingerprint density at radius 2 is 1.84 bits per heavy atom. The molecule has 2 heterocycles. The van der Waals surface area contributed by atoms with Crippen LogP contribution in [0.25, 0.3) is 0 Å². The van der Waals surface area contributed by atoms with Crippen LogP contribution >= 0.6 is 0 Å². The second-order valence-corrected chi connectivity index (χ2v) is 7.47. The molecule has 8 nitrogen and oxygen atoms in total. The molecule has 3 rings (SSSR count). The molecule has 2 saturated heterocycles. The molecule has 0 bridgehead atoms.